The summed E-state index contributed by atoms with van der Waals surface area (Å²) in [4.78, 5) is 0. The van der Waals surface area contributed by atoms with Crippen molar-refractivity contribution in [3.63, 3.8) is 0 Å². The molecule has 0 radical (unpaired) electrons. The molecule has 1 aliphatic carbocycles. The van der Waals surface area contributed by atoms with Gasteiger partial charge in [0.15, 0.2) is 0 Å². The van der Waals surface area contributed by atoms with Crippen LogP contribution in [0.25, 0.3) is 0 Å². The minimum Gasteiger partial charge on any atom is -0.396 e. The maximum absolute atomic E-state index is 9.43. The minimum absolute atomic E-state index is 0.0833. The van der Waals surface area contributed by atoms with Crippen molar-refractivity contribution >= 4 is 0 Å². The molecule has 1 fully saturated rings. The van der Waals surface area contributed by atoms with E-state index in [1.165, 1.54) is 25.7 Å². The summed E-state index contributed by atoms with van der Waals surface area (Å²) >= 11 is 0. The van der Waals surface area contributed by atoms with E-state index in [1.807, 2.05) is 7.05 Å². The number of aliphatic hydroxyl groups excluding tert-OH is 1. The quantitative estimate of drug-likeness (QED) is 0.394. The molecule has 13 heavy (non-hydrogen) atoms. The molecule has 0 amide bonds. The van der Waals surface area contributed by atoms with Crippen LogP contribution in [0.15, 0.2) is 0 Å². The zero-order valence-electron chi connectivity index (χ0n) is 8.63. The van der Waals surface area contributed by atoms with Crippen molar-refractivity contribution in [2.24, 2.45) is 11.3 Å². The number of hydrazine groups is 1. The van der Waals surface area contributed by atoms with Crippen LogP contribution in [0.2, 0.25) is 0 Å². The highest BCUT2D eigenvalue weighted by molar-refractivity contribution is 4.82. The smallest absolute Gasteiger partial charge is 0.0500 e. The summed E-state index contributed by atoms with van der Waals surface area (Å²) < 4.78 is 0. The van der Waals surface area contributed by atoms with Crippen LogP contribution >= 0.6 is 0 Å². The van der Waals surface area contributed by atoms with Gasteiger partial charge in [0.1, 0.15) is 0 Å². The van der Waals surface area contributed by atoms with Gasteiger partial charge in [0, 0.05) is 25.6 Å². The molecular formula is C10H22N2O. The summed E-state index contributed by atoms with van der Waals surface area (Å²) in [5.41, 5.74) is 0.0833. The summed E-state index contributed by atoms with van der Waals surface area (Å²) in [5, 5.41) is 11.1. The Balaban J connectivity index is 2.53. The van der Waals surface area contributed by atoms with Gasteiger partial charge < -0.3 is 5.11 Å². The average Bonchev–Trinajstić information content (AvgIpc) is 2.30. The first-order chi connectivity index (χ1) is 6.18. The molecule has 3 nitrogen and oxygen atoms in total. The summed E-state index contributed by atoms with van der Waals surface area (Å²) in [6, 6.07) is 0. The fourth-order valence-electron chi connectivity index (χ4n) is 2.37. The molecule has 0 bridgehead atoms. The van der Waals surface area contributed by atoms with Crippen LogP contribution in [-0.2, 0) is 0 Å². The van der Waals surface area contributed by atoms with Crippen molar-refractivity contribution < 1.29 is 5.11 Å². The van der Waals surface area contributed by atoms with Crippen LogP contribution < -0.4 is 5.84 Å². The van der Waals surface area contributed by atoms with Gasteiger partial charge in [0.25, 0.3) is 0 Å². The van der Waals surface area contributed by atoms with E-state index in [-0.39, 0.29) is 12.0 Å². The summed E-state index contributed by atoms with van der Waals surface area (Å²) in [6.07, 6.45) is 7.38. The van der Waals surface area contributed by atoms with E-state index in [0.29, 0.717) is 0 Å². The number of nitrogens with two attached hydrogens (primary N) is 1. The van der Waals surface area contributed by atoms with Crippen LogP contribution in [0.1, 0.15) is 38.5 Å². The number of hydrogen-bond donors (Lipinski definition) is 2. The second kappa shape index (κ2) is 4.94. The standard InChI is InChI=1S/C10H22N2O/c1-12(11)8-10(9-13)6-4-2-3-5-7-10/h13H,2-9,11H2,1H3. The molecule has 1 saturated carbocycles. The van der Waals surface area contributed by atoms with Crippen molar-refractivity contribution in [2.75, 3.05) is 20.2 Å². The Morgan fingerprint density at radius 1 is 1.23 bits per heavy atom. The molecule has 78 valence electrons. The van der Waals surface area contributed by atoms with E-state index in [1.54, 1.807) is 5.01 Å². The third-order valence-electron chi connectivity index (χ3n) is 3.08. The molecule has 0 aliphatic heterocycles. The predicted octanol–water partition coefficient (Wildman–Crippen LogP) is 1.12. The van der Waals surface area contributed by atoms with Crippen LogP contribution in [0.3, 0.4) is 0 Å². The zero-order valence-corrected chi connectivity index (χ0v) is 8.63. The lowest BCUT2D eigenvalue weighted by Crippen LogP contribution is -2.41. The topological polar surface area (TPSA) is 49.5 Å². The summed E-state index contributed by atoms with van der Waals surface area (Å²) in [6.45, 7) is 1.11. The van der Waals surface area contributed by atoms with Crippen LogP contribution in [-0.4, -0.2) is 30.3 Å². The van der Waals surface area contributed by atoms with E-state index < -0.39 is 0 Å². The van der Waals surface area contributed by atoms with Gasteiger partial charge in [-0.2, -0.15) is 0 Å². The van der Waals surface area contributed by atoms with E-state index in [9.17, 15) is 5.11 Å². The van der Waals surface area contributed by atoms with Gasteiger partial charge in [-0.25, -0.2) is 5.01 Å². The molecule has 0 aromatic heterocycles. The second-order valence-electron chi connectivity index (χ2n) is 4.49. The minimum atomic E-state index is 0.0833. The molecular weight excluding hydrogens is 164 g/mol. The largest absolute Gasteiger partial charge is 0.396 e. The predicted molar refractivity (Wildman–Crippen MR) is 54.0 cm³/mol. The Bertz CT molecular complexity index is 140. The third-order valence-corrected chi connectivity index (χ3v) is 3.08. The van der Waals surface area contributed by atoms with Gasteiger partial charge in [-0.3, -0.25) is 5.84 Å². The van der Waals surface area contributed by atoms with Gasteiger partial charge in [-0.1, -0.05) is 25.7 Å². The molecule has 0 unspecified atom stereocenters. The zero-order chi connectivity index (χ0) is 9.73. The maximum atomic E-state index is 9.43. The lowest BCUT2D eigenvalue weighted by atomic mass is 9.81. The number of rotatable bonds is 3. The van der Waals surface area contributed by atoms with E-state index in [2.05, 4.69) is 0 Å². The Kier molecular flexibility index (Phi) is 4.16. The molecule has 3 N–H and O–H groups in total. The van der Waals surface area contributed by atoms with Gasteiger partial charge >= 0.3 is 0 Å². The van der Waals surface area contributed by atoms with Crippen LogP contribution in [0.5, 0.6) is 0 Å². The van der Waals surface area contributed by atoms with Crippen molar-refractivity contribution in [1.29, 1.82) is 0 Å². The average molecular weight is 186 g/mol. The second-order valence-corrected chi connectivity index (χ2v) is 4.49. The van der Waals surface area contributed by atoms with Gasteiger partial charge in [-0.05, 0) is 12.8 Å². The normalized spacial score (nSPS) is 23.1. The molecule has 0 atom stereocenters. The number of aliphatic hydroxyl groups is 1. The first-order valence-electron chi connectivity index (χ1n) is 5.25. The first-order valence-corrected chi connectivity index (χ1v) is 5.25. The van der Waals surface area contributed by atoms with Gasteiger partial charge in [0.05, 0.1) is 0 Å². The fraction of sp³-hybridized carbons (Fsp3) is 1.00. The highest BCUT2D eigenvalue weighted by atomic mass is 16.3. The maximum Gasteiger partial charge on any atom is 0.0500 e. The van der Waals surface area contributed by atoms with Crippen molar-refractivity contribution in [3.8, 4) is 0 Å². The Morgan fingerprint density at radius 3 is 2.15 bits per heavy atom. The van der Waals surface area contributed by atoms with Gasteiger partial charge in [-0.15, -0.1) is 0 Å². The Hall–Kier alpha value is -0.120. The molecule has 0 saturated heterocycles. The molecule has 0 aromatic rings. The van der Waals surface area contributed by atoms with Crippen molar-refractivity contribution in [3.05, 3.63) is 0 Å². The van der Waals surface area contributed by atoms with E-state index >= 15 is 0 Å². The fourth-order valence-corrected chi connectivity index (χ4v) is 2.37. The monoisotopic (exact) mass is 186 g/mol. The number of nitrogens with zero attached hydrogens (tertiary/aromatic N) is 1. The SMILES string of the molecule is CN(N)CC1(CO)CCCCCC1. The highest BCUT2D eigenvalue weighted by Crippen LogP contribution is 2.34. The first kappa shape index (κ1) is 11.0. The lowest BCUT2D eigenvalue weighted by molar-refractivity contribution is 0.0688. The third kappa shape index (κ3) is 3.25. The molecule has 3 heteroatoms. The molecule has 0 aromatic carbocycles. The van der Waals surface area contributed by atoms with Crippen LogP contribution in [0.4, 0.5) is 0 Å². The molecule has 0 heterocycles. The van der Waals surface area contributed by atoms with E-state index in [4.69, 9.17) is 5.84 Å². The Labute approximate surface area is 80.9 Å². The van der Waals surface area contributed by atoms with Gasteiger partial charge in [0.2, 0.25) is 0 Å². The van der Waals surface area contributed by atoms with E-state index in [0.717, 1.165) is 19.4 Å². The molecule has 1 aliphatic rings. The summed E-state index contributed by atoms with van der Waals surface area (Å²) in [5.74, 6) is 5.66. The van der Waals surface area contributed by atoms with Crippen molar-refractivity contribution in [1.82, 2.24) is 5.01 Å². The summed E-state index contributed by atoms with van der Waals surface area (Å²) in [7, 11) is 1.88. The number of hydrogen-bond acceptors (Lipinski definition) is 3. The molecule has 0 spiro atoms. The van der Waals surface area contributed by atoms with Crippen molar-refractivity contribution in [2.45, 2.75) is 38.5 Å². The van der Waals surface area contributed by atoms with Crippen LogP contribution in [0, 0.1) is 5.41 Å². The lowest BCUT2D eigenvalue weighted by Gasteiger charge is -2.33. The highest BCUT2D eigenvalue weighted by Gasteiger charge is 2.30. The molecule has 1 rings (SSSR count). The Morgan fingerprint density at radius 2 is 1.77 bits per heavy atom.